The van der Waals surface area contributed by atoms with E-state index in [9.17, 15) is 4.79 Å². The molecule has 0 aliphatic rings. The van der Waals surface area contributed by atoms with Crippen LogP contribution in [0.1, 0.15) is 10.4 Å². The van der Waals surface area contributed by atoms with E-state index in [4.69, 9.17) is 0 Å². The number of halogens is 3. The molecular weight excluding hydrogens is 473 g/mol. The number of hydrogen-bond acceptors (Lipinski definition) is 1. The summed E-state index contributed by atoms with van der Waals surface area (Å²) >= 11 is 8.93. The van der Waals surface area contributed by atoms with Crippen molar-refractivity contribution in [2.24, 2.45) is 0 Å². The number of rotatable bonds is 2. The second kappa shape index (κ2) is 6.16. The molecule has 2 aromatic rings. The van der Waals surface area contributed by atoms with Crippen molar-refractivity contribution in [3.63, 3.8) is 0 Å². The van der Waals surface area contributed by atoms with E-state index < -0.39 is 0 Å². The number of amides is 1. The summed E-state index contributed by atoms with van der Waals surface area (Å²) < 4.78 is 2.67. The van der Waals surface area contributed by atoms with E-state index >= 15 is 0 Å². The lowest BCUT2D eigenvalue weighted by Gasteiger charge is -2.08. The fraction of sp³-hybridized carbons (Fsp3) is 0. The minimum atomic E-state index is -0.118. The molecule has 2 aromatic carbocycles. The number of hydrogen-bond donors (Lipinski definition) is 1. The molecule has 1 N–H and O–H groups in total. The Morgan fingerprint density at radius 3 is 2.56 bits per heavy atom. The summed E-state index contributed by atoms with van der Waals surface area (Å²) in [6, 6.07) is 13.2. The molecule has 2 nitrogen and oxygen atoms in total. The van der Waals surface area contributed by atoms with Crippen molar-refractivity contribution >= 4 is 66.0 Å². The Labute approximate surface area is 136 Å². The number of carbonyl (C=O) groups excluding carboxylic acids is 1. The van der Waals surface area contributed by atoms with Crippen molar-refractivity contribution in [3.05, 3.63) is 60.5 Å². The molecule has 0 fully saturated rings. The van der Waals surface area contributed by atoms with E-state index in [0.29, 0.717) is 5.56 Å². The molecule has 0 spiro atoms. The Morgan fingerprint density at radius 1 is 1.11 bits per heavy atom. The van der Waals surface area contributed by atoms with Gasteiger partial charge in [0.05, 0.1) is 11.3 Å². The van der Waals surface area contributed by atoms with Crippen LogP contribution in [0.5, 0.6) is 0 Å². The van der Waals surface area contributed by atoms with Gasteiger partial charge in [0, 0.05) is 12.5 Å². The number of para-hydroxylation sites is 1. The van der Waals surface area contributed by atoms with Gasteiger partial charge in [-0.1, -0.05) is 28.1 Å². The van der Waals surface area contributed by atoms with E-state index in [-0.39, 0.29) is 5.91 Å². The summed E-state index contributed by atoms with van der Waals surface area (Å²) in [5.41, 5.74) is 1.42. The molecule has 0 bridgehead atoms. The van der Waals surface area contributed by atoms with Crippen LogP contribution in [0, 0.1) is 3.57 Å². The fourth-order valence-electron chi connectivity index (χ4n) is 1.42. The fourth-order valence-corrected chi connectivity index (χ4v) is 2.75. The third-order valence-electron chi connectivity index (χ3n) is 2.30. The van der Waals surface area contributed by atoms with Crippen LogP contribution in [-0.4, -0.2) is 5.91 Å². The SMILES string of the molecule is O=C(Nc1ccccc1Br)c1cc(Br)ccc1I. The van der Waals surface area contributed by atoms with Crippen LogP contribution >= 0.6 is 54.5 Å². The normalized spacial score (nSPS) is 10.2. The summed E-state index contributed by atoms with van der Waals surface area (Å²) in [5.74, 6) is -0.118. The van der Waals surface area contributed by atoms with Gasteiger partial charge in [-0.25, -0.2) is 0 Å². The van der Waals surface area contributed by atoms with E-state index in [1.54, 1.807) is 0 Å². The minimum absolute atomic E-state index is 0.118. The molecule has 18 heavy (non-hydrogen) atoms. The molecular formula is C13H8Br2INO. The summed E-state index contributed by atoms with van der Waals surface area (Å²) in [7, 11) is 0. The summed E-state index contributed by atoms with van der Waals surface area (Å²) in [5, 5.41) is 2.88. The van der Waals surface area contributed by atoms with Crippen molar-refractivity contribution in [1.29, 1.82) is 0 Å². The molecule has 0 aromatic heterocycles. The largest absolute Gasteiger partial charge is 0.321 e. The maximum Gasteiger partial charge on any atom is 0.256 e. The highest BCUT2D eigenvalue weighted by Gasteiger charge is 2.11. The van der Waals surface area contributed by atoms with Gasteiger partial charge in [0.15, 0.2) is 0 Å². The Hall–Kier alpha value is -0.400. The molecule has 5 heteroatoms. The zero-order chi connectivity index (χ0) is 13.1. The molecule has 0 aliphatic heterocycles. The zero-order valence-corrected chi connectivity index (χ0v) is 14.4. The van der Waals surface area contributed by atoms with Crippen LogP contribution in [0.4, 0.5) is 5.69 Å². The van der Waals surface area contributed by atoms with Crippen LogP contribution in [0.25, 0.3) is 0 Å². The average molecular weight is 481 g/mol. The molecule has 0 atom stereocenters. The van der Waals surface area contributed by atoms with Crippen molar-refractivity contribution in [3.8, 4) is 0 Å². The summed E-state index contributed by atoms with van der Waals surface area (Å²) in [6.07, 6.45) is 0. The van der Waals surface area contributed by atoms with Gasteiger partial charge in [-0.3, -0.25) is 4.79 Å². The maximum atomic E-state index is 12.2. The lowest BCUT2D eigenvalue weighted by atomic mass is 10.2. The highest BCUT2D eigenvalue weighted by atomic mass is 127. The highest BCUT2D eigenvalue weighted by Crippen LogP contribution is 2.24. The zero-order valence-electron chi connectivity index (χ0n) is 9.08. The van der Waals surface area contributed by atoms with Gasteiger partial charge in [0.1, 0.15) is 0 Å². The second-order valence-electron chi connectivity index (χ2n) is 3.56. The molecule has 92 valence electrons. The number of benzene rings is 2. The monoisotopic (exact) mass is 479 g/mol. The number of carbonyl (C=O) groups is 1. The minimum Gasteiger partial charge on any atom is -0.321 e. The highest BCUT2D eigenvalue weighted by molar-refractivity contribution is 14.1. The van der Waals surface area contributed by atoms with Crippen molar-refractivity contribution in [1.82, 2.24) is 0 Å². The van der Waals surface area contributed by atoms with E-state index in [2.05, 4.69) is 59.8 Å². The van der Waals surface area contributed by atoms with Gasteiger partial charge in [0.25, 0.3) is 5.91 Å². The predicted octanol–water partition coefficient (Wildman–Crippen LogP) is 5.07. The number of anilines is 1. The van der Waals surface area contributed by atoms with Crippen molar-refractivity contribution in [2.45, 2.75) is 0 Å². The lowest BCUT2D eigenvalue weighted by Crippen LogP contribution is -2.13. The molecule has 0 heterocycles. The average Bonchev–Trinajstić information content (AvgIpc) is 2.35. The van der Waals surface area contributed by atoms with Crippen molar-refractivity contribution in [2.75, 3.05) is 5.32 Å². The molecule has 0 unspecified atom stereocenters. The smallest absolute Gasteiger partial charge is 0.256 e. The Balaban J connectivity index is 2.28. The summed E-state index contributed by atoms with van der Waals surface area (Å²) in [6.45, 7) is 0. The van der Waals surface area contributed by atoms with Gasteiger partial charge in [-0.15, -0.1) is 0 Å². The third-order valence-corrected chi connectivity index (χ3v) is 4.42. The molecule has 2 rings (SSSR count). The van der Waals surface area contributed by atoms with Gasteiger partial charge in [0.2, 0.25) is 0 Å². The van der Waals surface area contributed by atoms with E-state index in [0.717, 1.165) is 18.2 Å². The van der Waals surface area contributed by atoms with Crippen LogP contribution in [0.2, 0.25) is 0 Å². The first kappa shape index (κ1) is 14.0. The molecule has 0 radical (unpaired) electrons. The lowest BCUT2D eigenvalue weighted by molar-refractivity contribution is 0.102. The summed E-state index contributed by atoms with van der Waals surface area (Å²) in [4.78, 5) is 12.2. The van der Waals surface area contributed by atoms with Crippen LogP contribution in [0.15, 0.2) is 51.4 Å². The second-order valence-corrected chi connectivity index (χ2v) is 6.49. The van der Waals surface area contributed by atoms with Crippen molar-refractivity contribution < 1.29 is 4.79 Å². The van der Waals surface area contributed by atoms with Gasteiger partial charge in [-0.2, -0.15) is 0 Å². The first-order valence-corrected chi connectivity index (χ1v) is 7.75. The Morgan fingerprint density at radius 2 is 1.83 bits per heavy atom. The molecule has 0 aliphatic carbocycles. The molecule has 0 saturated carbocycles. The van der Waals surface area contributed by atoms with Crippen LogP contribution < -0.4 is 5.32 Å². The Bertz CT molecular complexity index is 601. The number of nitrogens with one attached hydrogen (secondary N) is 1. The maximum absolute atomic E-state index is 12.2. The van der Waals surface area contributed by atoms with Crippen LogP contribution in [-0.2, 0) is 0 Å². The first-order chi connectivity index (χ1) is 8.58. The first-order valence-electron chi connectivity index (χ1n) is 5.09. The molecule has 1 amide bonds. The standard InChI is InChI=1S/C13H8Br2INO/c14-8-5-6-11(16)9(7-8)13(18)17-12-4-2-1-3-10(12)15/h1-7H,(H,17,18). The van der Waals surface area contributed by atoms with E-state index in [1.165, 1.54) is 0 Å². The Kier molecular flexibility index (Phi) is 4.80. The molecule has 0 saturated heterocycles. The van der Waals surface area contributed by atoms with Gasteiger partial charge >= 0.3 is 0 Å². The third kappa shape index (κ3) is 3.33. The van der Waals surface area contributed by atoms with Gasteiger partial charge in [-0.05, 0) is 68.9 Å². The quantitative estimate of drug-likeness (QED) is 0.597. The van der Waals surface area contributed by atoms with E-state index in [1.807, 2.05) is 42.5 Å². The topological polar surface area (TPSA) is 29.1 Å². The predicted molar refractivity (Wildman–Crippen MR) is 89.0 cm³/mol. The van der Waals surface area contributed by atoms with Gasteiger partial charge < -0.3 is 5.32 Å². The van der Waals surface area contributed by atoms with Crippen LogP contribution in [0.3, 0.4) is 0 Å².